The summed E-state index contributed by atoms with van der Waals surface area (Å²) in [6.07, 6.45) is 2.28. The summed E-state index contributed by atoms with van der Waals surface area (Å²) in [6, 6.07) is 6.17. The van der Waals surface area contributed by atoms with E-state index in [1.54, 1.807) is 14.2 Å². The summed E-state index contributed by atoms with van der Waals surface area (Å²) in [6.45, 7) is 7.70. The van der Waals surface area contributed by atoms with E-state index in [0.717, 1.165) is 44.0 Å². The molecule has 4 heteroatoms. The van der Waals surface area contributed by atoms with Crippen LogP contribution in [0.15, 0.2) is 18.2 Å². The van der Waals surface area contributed by atoms with Gasteiger partial charge in [-0.25, -0.2) is 0 Å². The normalized spacial score (nSPS) is 23.3. The van der Waals surface area contributed by atoms with Crippen LogP contribution in [0.3, 0.4) is 0 Å². The van der Waals surface area contributed by atoms with Crippen LogP contribution in [-0.2, 0) is 0 Å². The molecule has 1 fully saturated rings. The van der Waals surface area contributed by atoms with E-state index < -0.39 is 0 Å². The quantitative estimate of drug-likeness (QED) is 0.918. The molecule has 1 heterocycles. The molecule has 1 aromatic rings. The number of nitrogens with zero attached hydrogens (tertiary/aromatic N) is 1. The maximum absolute atomic E-state index is 5.41. The summed E-state index contributed by atoms with van der Waals surface area (Å²) in [5.41, 5.74) is 1.37. The van der Waals surface area contributed by atoms with Crippen molar-refractivity contribution in [1.29, 1.82) is 0 Å². The predicted molar refractivity (Wildman–Crippen MR) is 83.1 cm³/mol. The minimum Gasteiger partial charge on any atom is -0.493 e. The Balaban J connectivity index is 2.25. The van der Waals surface area contributed by atoms with Crippen molar-refractivity contribution in [3.05, 3.63) is 18.2 Å². The van der Waals surface area contributed by atoms with Gasteiger partial charge >= 0.3 is 0 Å². The molecule has 0 spiro atoms. The predicted octanol–water partition coefficient (Wildman–Crippen LogP) is 2.67. The van der Waals surface area contributed by atoms with Gasteiger partial charge in [0, 0.05) is 30.4 Å². The van der Waals surface area contributed by atoms with Crippen molar-refractivity contribution >= 4 is 5.69 Å². The molecule has 1 aliphatic rings. The molecule has 0 amide bonds. The van der Waals surface area contributed by atoms with Crippen LogP contribution in [0.5, 0.6) is 11.5 Å². The topological polar surface area (TPSA) is 33.7 Å². The van der Waals surface area contributed by atoms with Gasteiger partial charge in [-0.2, -0.15) is 0 Å². The van der Waals surface area contributed by atoms with Gasteiger partial charge in [0.05, 0.1) is 14.2 Å². The second-order valence-corrected chi connectivity index (χ2v) is 5.66. The molecule has 1 saturated heterocycles. The zero-order valence-corrected chi connectivity index (χ0v) is 13.0. The van der Waals surface area contributed by atoms with E-state index in [9.17, 15) is 0 Å². The summed E-state index contributed by atoms with van der Waals surface area (Å²) >= 11 is 0. The van der Waals surface area contributed by atoms with Crippen LogP contribution in [0.1, 0.15) is 26.7 Å². The van der Waals surface area contributed by atoms with Gasteiger partial charge in [-0.05, 0) is 38.4 Å². The van der Waals surface area contributed by atoms with Crippen molar-refractivity contribution in [2.75, 3.05) is 38.8 Å². The van der Waals surface area contributed by atoms with E-state index in [-0.39, 0.29) is 5.54 Å². The Hall–Kier alpha value is -1.42. The lowest BCUT2D eigenvalue weighted by atomic mass is 9.98. The van der Waals surface area contributed by atoms with E-state index in [1.165, 1.54) is 5.69 Å². The standard InChI is InChI=1S/C16H26N2O2/c1-5-16(2)12-18(10-6-9-17-16)13-7-8-14(19-3)15(11-13)20-4/h7-8,11,17H,5-6,9-10,12H2,1-4H3. The Kier molecular flexibility index (Phi) is 4.76. The summed E-state index contributed by atoms with van der Waals surface area (Å²) < 4.78 is 10.7. The largest absolute Gasteiger partial charge is 0.493 e. The Bertz CT molecular complexity index is 450. The number of anilines is 1. The third-order valence-electron chi connectivity index (χ3n) is 4.21. The summed E-state index contributed by atoms with van der Waals surface area (Å²) in [5, 5.41) is 3.66. The van der Waals surface area contributed by atoms with Crippen molar-refractivity contribution in [1.82, 2.24) is 5.32 Å². The third-order valence-corrected chi connectivity index (χ3v) is 4.21. The Morgan fingerprint density at radius 2 is 2.00 bits per heavy atom. The molecule has 0 aromatic heterocycles. The van der Waals surface area contributed by atoms with E-state index in [0.29, 0.717) is 0 Å². The van der Waals surface area contributed by atoms with Gasteiger partial charge in [0.15, 0.2) is 11.5 Å². The van der Waals surface area contributed by atoms with Gasteiger partial charge in [0.1, 0.15) is 0 Å². The van der Waals surface area contributed by atoms with Crippen LogP contribution in [0.4, 0.5) is 5.69 Å². The van der Waals surface area contributed by atoms with Crippen LogP contribution >= 0.6 is 0 Å². The second kappa shape index (κ2) is 6.35. The molecule has 2 rings (SSSR count). The van der Waals surface area contributed by atoms with Crippen LogP contribution < -0.4 is 19.7 Å². The highest BCUT2D eigenvalue weighted by Gasteiger charge is 2.27. The average molecular weight is 278 g/mol. The van der Waals surface area contributed by atoms with Crippen LogP contribution in [0.2, 0.25) is 0 Å². The first-order chi connectivity index (χ1) is 9.61. The fourth-order valence-electron chi connectivity index (χ4n) is 2.70. The van der Waals surface area contributed by atoms with Crippen molar-refractivity contribution in [2.45, 2.75) is 32.2 Å². The molecule has 0 aliphatic carbocycles. The first-order valence-electron chi connectivity index (χ1n) is 7.34. The van der Waals surface area contributed by atoms with E-state index in [4.69, 9.17) is 9.47 Å². The summed E-state index contributed by atoms with van der Waals surface area (Å²) in [7, 11) is 3.35. The maximum Gasteiger partial charge on any atom is 0.162 e. The number of methoxy groups -OCH3 is 2. The van der Waals surface area contributed by atoms with Gasteiger partial charge < -0.3 is 19.7 Å². The number of hydrogen-bond donors (Lipinski definition) is 1. The molecule has 1 aromatic carbocycles. The monoisotopic (exact) mass is 278 g/mol. The maximum atomic E-state index is 5.41. The third kappa shape index (κ3) is 3.18. The molecule has 1 atom stereocenters. The number of rotatable bonds is 4. The molecule has 1 aliphatic heterocycles. The highest BCUT2D eigenvalue weighted by molar-refractivity contribution is 5.56. The van der Waals surface area contributed by atoms with Crippen LogP contribution in [0, 0.1) is 0 Å². The van der Waals surface area contributed by atoms with Gasteiger partial charge in [-0.1, -0.05) is 6.92 Å². The van der Waals surface area contributed by atoms with Gasteiger partial charge in [-0.15, -0.1) is 0 Å². The van der Waals surface area contributed by atoms with Gasteiger partial charge in [-0.3, -0.25) is 0 Å². The number of nitrogens with one attached hydrogen (secondary N) is 1. The lowest BCUT2D eigenvalue weighted by Crippen LogP contribution is -2.48. The molecule has 0 radical (unpaired) electrons. The molecule has 1 N–H and O–H groups in total. The molecular formula is C16H26N2O2. The molecule has 20 heavy (non-hydrogen) atoms. The van der Waals surface area contributed by atoms with Crippen molar-refractivity contribution in [3.63, 3.8) is 0 Å². The lowest BCUT2D eigenvalue weighted by molar-refractivity contribution is 0.354. The highest BCUT2D eigenvalue weighted by Crippen LogP contribution is 2.32. The van der Waals surface area contributed by atoms with E-state index in [2.05, 4.69) is 36.2 Å². The smallest absolute Gasteiger partial charge is 0.162 e. The molecular weight excluding hydrogens is 252 g/mol. The van der Waals surface area contributed by atoms with Gasteiger partial charge in [0.25, 0.3) is 0 Å². The highest BCUT2D eigenvalue weighted by atomic mass is 16.5. The number of hydrogen-bond acceptors (Lipinski definition) is 4. The Labute approximate surface area is 122 Å². The first kappa shape index (κ1) is 15.0. The van der Waals surface area contributed by atoms with E-state index in [1.807, 2.05) is 6.07 Å². The lowest BCUT2D eigenvalue weighted by Gasteiger charge is -2.34. The summed E-state index contributed by atoms with van der Waals surface area (Å²) in [5.74, 6) is 1.57. The Morgan fingerprint density at radius 3 is 2.65 bits per heavy atom. The molecule has 0 bridgehead atoms. The SMILES string of the molecule is CCC1(C)CN(c2ccc(OC)c(OC)c2)CCCN1. The Morgan fingerprint density at radius 1 is 1.25 bits per heavy atom. The van der Waals surface area contributed by atoms with Crippen LogP contribution in [-0.4, -0.2) is 39.4 Å². The molecule has 1 unspecified atom stereocenters. The summed E-state index contributed by atoms with van der Waals surface area (Å²) in [4.78, 5) is 2.44. The minimum atomic E-state index is 0.170. The average Bonchev–Trinajstić information content (AvgIpc) is 2.69. The first-order valence-corrected chi connectivity index (χ1v) is 7.34. The van der Waals surface area contributed by atoms with Crippen molar-refractivity contribution in [3.8, 4) is 11.5 Å². The van der Waals surface area contributed by atoms with E-state index >= 15 is 0 Å². The zero-order valence-electron chi connectivity index (χ0n) is 13.0. The fourth-order valence-corrected chi connectivity index (χ4v) is 2.70. The molecule has 4 nitrogen and oxygen atoms in total. The van der Waals surface area contributed by atoms with Gasteiger partial charge in [0.2, 0.25) is 0 Å². The molecule has 112 valence electrons. The fraction of sp³-hybridized carbons (Fsp3) is 0.625. The zero-order chi connectivity index (χ0) is 14.6. The minimum absolute atomic E-state index is 0.170. The molecule has 0 saturated carbocycles. The van der Waals surface area contributed by atoms with Crippen LogP contribution in [0.25, 0.3) is 0 Å². The second-order valence-electron chi connectivity index (χ2n) is 5.66. The van der Waals surface area contributed by atoms with Crippen molar-refractivity contribution < 1.29 is 9.47 Å². The number of ether oxygens (including phenoxy) is 2. The number of benzene rings is 1. The van der Waals surface area contributed by atoms with Crippen molar-refractivity contribution in [2.24, 2.45) is 0 Å².